The molecule has 0 unspecified atom stereocenters. The molecule has 0 bridgehead atoms. The Morgan fingerprint density at radius 1 is 1.00 bits per heavy atom. The largest absolute Gasteiger partial charge is 0.497 e. The Labute approximate surface area is 193 Å². The minimum atomic E-state index is 0.311. The van der Waals surface area contributed by atoms with Crippen LogP contribution in [0.5, 0.6) is 5.75 Å². The highest BCUT2D eigenvalue weighted by Crippen LogP contribution is 2.35. The molecule has 1 fully saturated rings. The second-order valence-corrected chi connectivity index (χ2v) is 8.44. The van der Waals surface area contributed by atoms with E-state index in [1.807, 2.05) is 49.4 Å². The minimum Gasteiger partial charge on any atom is -0.497 e. The lowest BCUT2D eigenvalue weighted by molar-refractivity contribution is 0.175. The SMILES string of the molecule is COc1ccc([C@@H]2CCCCCN2Cc2nnc(-c3c(-c4ccccc4)noc3C)o2)cc1. The second kappa shape index (κ2) is 9.58. The molecule has 7 nitrogen and oxygen atoms in total. The summed E-state index contributed by atoms with van der Waals surface area (Å²) in [6.45, 7) is 3.47. The van der Waals surface area contributed by atoms with Crippen LogP contribution in [0.4, 0.5) is 0 Å². The molecule has 1 aliphatic heterocycles. The Bertz CT molecular complexity index is 1180. The molecule has 1 atom stereocenters. The Hall–Kier alpha value is -3.45. The molecule has 5 rings (SSSR count). The van der Waals surface area contributed by atoms with Crippen LogP contribution < -0.4 is 4.74 Å². The van der Waals surface area contributed by atoms with Crippen LogP contribution in [0.2, 0.25) is 0 Å². The quantitative estimate of drug-likeness (QED) is 0.370. The fraction of sp³-hybridized carbons (Fsp3) is 0.346. The van der Waals surface area contributed by atoms with E-state index in [0.717, 1.165) is 36.3 Å². The number of hydrogen-bond donors (Lipinski definition) is 0. The average molecular weight is 445 g/mol. The molecule has 4 aromatic rings. The first-order chi connectivity index (χ1) is 16.2. The van der Waals surface area contributed by atoms with Gasteiger partial charge in [0.1, 0.15) is 22.8 Å². The van der Waals surface area contributed by atoms with Gasteiger partial charge >= 0.3 is 0 Å². The van der Waals surface area contributed by atoms with Crippen molar-refractivity contribution in [2.24, 2.45) is 0 Å². The summed E-state index contributed by atoms with van der Waals surface area (Å²) in [6.07, 6.45) is 4.72. The number of aromatic nitrogens is 3. The molecule has 0 radical (unpaired) electrons. The Kier molecular flexibility index (Phi) is 6.21. The van der Waals surface area contributed by atoms with Crippen molar-refractivity contribution in [2.75, 3.05) is 13.7 Å². The normalized spacial score (nSPS) is 17.1. The molecule has 1 aliphatic rings. The molecule has 3 heterocycles. The van der Waals surface area contributed by atoms with E-state index in [1.54, 1.807) is 7.11 Å². The lowest BCUT2D eigenvalue weighted by atomic mass is 10.0. The number of ether oxygens (including phenoxy) is 1. The minimum absolute atomic E-state index is 0.311. The standard InChI is InChI=1S/C26H28N4O3/c1-18-24(25(29-33-18)20-9-5-3-6-10-20)26-28-27-23(32-26)17-30-16-8-4-7-11-22(30)19-12-14-21(31-2)15-13-19/h3,5-6,9-10,12-15,22H,4,7-8,11,16-17H2,1-2H3/t22-/m0/s1. The van der Waals surface area contributed by atoms with Gasteiger partial charge in [-0.15, -0.1) is 10.2 Å². The molecule has 0 spiro atoms. The maximum atomic E-state index is 6.15. The van der Waals surface area contributed by atoms with Gasteiger partial charge in [-0.2, -0.15) is 0 Å². The van der Waals surface area contributed by atoms with Gasteiger partial charge in [-0.3, -0.25) is 4.90 Å². The number of methoxy groups -OCH3 is 1. The summed E-state index contributed by atoms with van der Waals surface area (Å²) in [5.74, 6) is 2.58. The number of aryl methyl sites for hydroxylation is 1. The smallest absolute Gasteiger partial charge is 0.253 e. The molecule has 0 aliphatic carbocycles. The number of rotatable bonds is 6. The first kappa shape index (κ1) is 21.4. The Balaban J connectivity index is 1.40. The fourth-order valence-electron chi connectivity index (χ4n) is 4.57. The highest BCUT2D eigenvalue weighted by molar-refractivity contribution is 5.77. The Morgan fingerprint density at radius 3 is 2.61 bits per heavy atom. The fourth-order valence-corrected chi connectivity index (χ4v) is 4.57. The average Bonchev–Trinajstić information content (AvgIpc) is 3.40. The van der Waals surface area contributed by atoms with E-state index in [1.165, 1.54) is 18.4 Å². The van der Waals surface area contributed by atoms with Crippen LogP contribution in [-0.4, -0.2) is 33.9 Å². The van der Waals surface area contributed by atoms with E-state index in [4.69, 9.17) is 13.7 Å². The van der Waals surface area contributed by atoms with Crippen molar-refractivity contribution in [3.63, 3.8) is 0 Å². The summed E-state index contributed by atoms with van der Waals surface area (Å²) in [4.78, 5) is 2.45. The number of nitrogens with zero attached hydrogens (tertiary/aromatic N) is 4. The van der Waals surface area contributed by atoms with Crippen LogP contribution >= 0.6 is 0 Å². The molecule has 170 valence electrons. The third-order valence-corrected chi connectivity index (χ3v) is 6.29. The zero-order chi connectivity index (χ0) is 22.6. The molecule has 33 heavy (non-hydrogen) atoms. The summed E-state index contributed by atoms with van der Waals surface area (Å²) in [5.41, 5.74) is 3.71. The molecular weight excluding hydrogens is 416 g/mol. The first-order valence-electron chi connectivity index (χ1n) is 11.5. The number of hydrogen-bond acceptors (Lipinski definition) is 7. The van der Waals surface area contributed by atoms with E-state index in [-0.39, 0.29) is 0 Å². The molecule has 7 heteroatoms. The van der Waals surface area contributed by atoms with Crippen molar-refractivity contribution in [1.29, 1.82) is 0 Å². The van der Waals surface area contributed by atoms with E-state index >= 15 is 0 Å². The summed E-state index contributed by atoms with van der Waals surface area (Å²) >= 11 is 0. The van der Waals surface area contributed by atoms with Gasteiger partial charge in [0.25, 0.3) is 5.89 Å². The number of benzene rings is 2. The maximum Gasteiger partial charge on any atom is 0.253 e. The molecule has 0 N–H and O–H groups in total. The molecule has 1 saturated heterocycles. The van der Waals surface area contributed by atoms with Crippen LogP contribution in [0.15, 0.2) is 63.5 Å². The van der Waals surface area contributed by atoms with Crippen LogP contribution in [-0.2, 0) is 6.54 Å². The van der Waals surface area contributed by atoms with Crippen molar-refractivity contribution < 1.29 is 13.7 Å². The van der Waals surface area contributed by atoms with Crippen molar-refractivity contribution in [3.05, 3.63) is 71.8 Å². The van der Waals surface area contributed by atoms with Crippen molar-refractivity contribution in [2.45, 2.75) is 45.2 Å². The summed E-state index contributed by atoms with van der Waals surface area (Å²) in [6, 6.07) is 18.6. The van der Waals surface area contributed by atoms with Gasteiger partial charge in [-0.25, -0.2) is 0 Å². The van der Waals surface area contributed by atoms with Crippen LogP contribution in [0, 0.1) is 6.92 Å². The first-order valence-corrected chi connectivity index (χ1v) is 11.5. The van der Waals surface area contributed by atoms with Gasteiger partial charge in [-0.05, 0) is 44.0 Å². The third kappa shape index (κ3) is 4.54. The highest BCUT2D eigenvalue weighted by atomic mass is 16.5. The molecule has 0 amide bonds. The monoisotopic (exact) mass is 444 g/mol. The molecule has 2 aromatic heterocycles. The van der Waals surface area contributed by atoms with E-state index < -0.39 is 0 Å². The van der Waals surface area contributed by atoms with Gasteiger partial charge in [0.05, 0.1) is 13.7 Å². The molecule has 2 aromatic carbocycles. The van der Waals surface area contributed by atoms with Crippen LogP contribution in [0.3, 0.4) is 0 Å². The lowest BCUT2D eigenvalue weighted by Crippen LogP contribution is -2.28. The predicted octanol–water partition coefficient (Wildman–Crippen LogP) is 5.83. The van der Waals surface area contributed by atoms with E-state index in [0.29, 0.717) is 35.8 Å². The van der Waals surface area contributed by atoms with Crippen LogP contribution in [0.1, 0.15) is 48.9 Å². The van der Waals surface area contributed by atoms with Gasteiger partial charge in [0.15, 0.2) is 0 Å². The zero-order valence-corrected chi connectivity index (χ0v) is 19.0. The highest BCUT2D eigenvalue weighted by Gasteiger charge is 2.26. The maximum absolute atomic E-state index is 6.15. The predicted molar refractivity (Wildman–Crippen MR) is 125 cm³/mol. The van der Waals surface area contributed by atoms with Gasteiger partial charge in [-0.1, -0.05) is 60.5 Å². The van der Waals surface area contributed by atoms with Gasteiger partial charge in [0, 0.05) is 11.6 Å². The van der Waals surface area contributed by atoms with Gasteiger partial charge in [0.2, 0.25) is 5.89 Å². The molecular formula is C26H28N4O3. The summed E-state index contributed by atoms with van der Waals surface area (Å²) in [7, 11) is 1.70. The van der Waals surface area contributed by atoms with Crippen LogP contribution in [0.25, 0.3) is 22.7 Å². The van der Waals surface area contributed by atoms with Crippen molar-refractivity contribution in [1.82, 2.24) is 20.3 Å². The van der Waals surface area contributed by atoms with Gasteiger partial charge < -0.3 is 13.7 Å². The zero-order valence-electron chi connectivity index (χ0n) is 19.0. The summed E-state index contributed by atoms with van der Waals surface area (Å²) in [5, 5.41) is 13.0. The van der Waals surface area contributed by atoms with E-state index in [9.17, 15) is 0 Å². The van der Waals surface area contributed by atoms with E-state index in [2.05, 4.69) is 32.4 Å². The third-order valence-electron chi connectivity index (χ3n) is 6.29. The van der Waals surface area contributed by atoms with Crippen molar-refractivity contribution in [3.8, 4) is 28.5 Å². The topological polar surface area (TPSA) is 77.4 Å². The Morgan fingerprint density at radius 2 is 1.82 bits per heavy atom. The van der Waals surface area contributed by atoms with Crippen molar-refractivity contribution >= 4 is 0 Å². The molecule has 0 saturated carbocycles. The summed E-state index contributed by atoms with van der Waals surface area (Å²) < 4.78 is 17.0. The lowest BCUT2D eigenvalue weighted by Gasteiger charge is -2.29. The second-order valence-electron chi connectivity index (χ2n) is 8.44. The number of likely N-dealkylation sites (tertiary alicyclic amines) is 1.